The number of aryl methyl sites for hydroxylation is 1. The van der Waals surface area contributed by atoms with Crippen LogP contribution in [0.5, 0.6) is 0 Å². The minimum Gasteiger partial charge on any atom is -0.458 e. The maximum atomic E-state index is 14.0. The molecule has 0 spiro atoms. The molecule has 2 aromatic rings. The standard InChI is InChI=1S/C40H64N8O9.5CH4/c1-11-32-40(7)35(48(38(52)57-40)18-13-12-17-47-23-29(44-45-47)28-15-14-16-42-43-28)27(5)41-22-24(2)21-39(6,53-10)33(20-31(49)26(4)36(51)55-32)56-37-34(50)30(46(8)9)19-25(3)54-37;;;;;/h14-16,23-27,30,32-35,37,41,50H,11-13,17-22H2,1-10H3;5*1H4/t24-,25?,26-,27-,30?,32-,33-,34?,35-,37+,39+,40-;;;;;/m1...../s1. The molecule has 2 N–H and O–H groups in total. The van der Waals surface area contributed by atoms with Crippen molar-refractivity contribution < 1.29 is 43.2 Å². The lowest BCUT2D eigenvalue weighted by Gasteiger charge is -2.45. The number of unbranched alkanes of at least 4 members (excludes halogenated alkanes) is 1. The summed E-state index contributed by atoms with van der Waals surface area (Å²) in [4.78, 5) is 45.3. The number of rotatable bonds is 11. The Bertz CT molecular complexity index is 1650. The van der Waals surface area contributed by atoms with Gasteiger partial charge in [-0.2, -0.15) is 5.10 Å². The van der Waals surface area contributed by atoms with Crippen LogP contribution in [0.3, 0.4) is 0 Å². The Balaban J connectivity index is 0.00000744. The zero-order chi connectivity index (χ0) is 41.7. The molecule has 3 fully saturated rings. The van der Waals surface area contributed by atoms with E-state index < -0.39 is 65.6 Å². The third kappa shape index (κ3) is 13.2. The summed E-state index contributed by atoms with van der Waals surface area (Å²) >= 11 is 0. The first-order valence-electron chi connectivity index (χ1n) is 20.4. The normalized spacial score (nSPS) is 33.1. The summed E-state index contributed by atoms with van der Waals surface area (Å²) < 4.78 is 32.9. The van der Waals surface area contributed by atoms with Crippen LogP contribution in [0.15, 0.2) is 24.5 Å². The van der Waals surface area contributed by atoms with Crippen LogP contribution in [-0.2, 0) is 39.8 Å². The van der Waals surface area contributed by atoms with Crippen molar-refractivity contribution in [2.75, 3.05) is 34.3 Å². The lowest BCUT2D eigenvalue weighted by molar-refractivity contribution is -0.289. The number of aliphatic hydroxyl groups excluding tert-OH is 1. The zero-order valence-corrected chi connectivity index (χ0v) is 35.3. The van der Waals surface area contributed by atoms with Crippen LogP contribution in [0.4, 0.5) is 4.79 Å². The van der Waals surface area contributed by atoms with Crippen LogP contribution in [0.25, 0.3) is 11.4 Å². The second-order valence-electron chi connectivity index (χ2n) is 16.8. The molecule has 5 heterocycles. The fourth-order valence-corrected chi connectivity index (χ4v) is 8.67. The quantitative estimate of drug-likeness (QED) is 0.143. The average molecular weight is 881 g/mol. The third-order valence-corrected chi connectivity index (χ3v) is 12.1. The first-order valence-corrected chi connectivity index (χ1v) is 20.4. The molecule has 358 valence electrons. The number of aliphatic hydroxyl groups is 1. The molecule has 3 saturated heterocycles. The molecule has 5 rings (SSSR count). The number of Topliss-reactive ketones (excluding diaryl/α,β-unsaturated/α-hetero) is 1. The van der Waals surface area contributed by atoms with Crippen molar-refractivity contribution in [3.05, 3.63) is 24.5 Å². The Labute approximate surface area is 373 Å². The predicted molar refractivity (Wildman–Crippen MR) is 242 cm³/mol. The van der Waals surface area contributed by atoms with Gasteiger partial charge >= 0.3 is 12.1 Å². The van der Waals surface area contributed by atoms with E-state index in [2.05, 4.69) is 32.7 Å². The molecule has 17 heteroatoms. The molecular weight excluding hydrogens is 797 g/mol. The van der Waals surface area contributed by atoms with Crippen molar-refractivity contribution in [2.24, 2.45) is 11.8 Å². The maximum Gasteiger partial charge on any atom is 0.410 e. The van der Waals surface area contributed by atoms with Crippen LogP contribution in [0, 0.1) is 11.8 Å². The number of hydrogen-bond acceptors (Lipinski definition) is 15. The maximum absolute atomic E-state index is 14.0. The topological polar surface area (TPSA) is 193 Å². The van der Waals surface area contributed by atoms with Gasteiger partial charge in [0.15, 0.2) is 11.9 Å². The van der Waals surface area contributed by atoms with Crippen LogP contribution in [-0.4, -0.2) is 152 Å². The van der Waals surface area contributed by atoms with Gasteiger partial charge in [-0.05, 0) is 105 Å². The molecule has 0 aromatic carbocycles. The number of carbonyl (C=O) groups excluding carboxylic acids is 3. The van der Waals surface area contributed by atoms with Gasteiger partial charge in [0.05, 0.1) is 30.0 Å². The highest BCUT2D eigenvalue weighted by Gasteiger charge is 2.58. The number of fused-ring (bicyclic) bond motifs is 1. The predicted octanol–water partition coefficient (Wildman–Crippen LogP) is 6.43. The number of ketones is 1. The Morgan fingerprint density at radius 2 is 1.68 bits per heavy atom. The first kappa shape index (κ1) is 58.4. The Morgan fingerprint density at radius 3 is 2.29 bits per heavy atom. The molecule has 17 nitrogen and oxygen atoms in total. The van der Waals surface area contributed by atoms with E-state index in [1.54, 1.807) is 29.0 Å². The van der Waals surface area contributed by atoms with E-state index in [0.29, 0.717) is 63.1 Å². The molecule has 0 bridgehead atoms. The summed E-state index contributed by atoms with van der Waals surface area (Å²) in [5.41, 5.74) is -0.978. The number of aromatic nitrogens is 5. The van der Waals surface area contributed by atoms with Gasteiger partial charge in [0.1, 0.15) is 35.3 Å². The lowest BCUT2D eigenvalue weighted by Crippen LogP contribution is -2.61. The van der Waals surface area contributed by atoms with Gasteiger partial charge in [-0.3, -0.25) is 19.2 Å². The number of likely N-dealkylation sites (N-methyl/N-ethyl adjacent to an activating group) is 1. The number of carbonyl (C=O) groups is 3. The van der Waals surface area contributed by atoms with E-state index in [1.807, 2.05) is 65.9 Å². The number of nitrogens with zero attached hydrogens (tertiary/aromatic N) is 7. The van der Waals surface area contributed by atoms with Gasteiger partial charge in [0, 0.05) is 44.9 Å². The second kappa shape index (κ2) is 25.0. The number of ether oxygens (including phenoxy) is 5. The molecule has 0 aliphatic carbocycles. The van der Waals surface area contributed by atoms with Crippen molar-refractivity contribution in [3.8, 4) is 11.4 Å². The van der Waals surface area contributed by atoms with Gasteiger partial charge in [-0.25, -0.2) is 4.79 Å². The van der Waals surface area contributed by atoms with E-state index in [9.17, 15) is 19.5 Å². The first-order chi connectivity index (χ1) is 27.0. The van der Waals surface area contributed by atoms with E-state index in [-0.39, 0.29) is 67.7 Å². The number of cyclic esters (lactones) is 1. The largest absolute Gasteiger partial charge is 0.458 e. The van der Waals surface area contributed by atoms with Crippen LogP contribution >= 0.6 is 0 Å². The van der Waals surface area contributed by atoms with Gasteiger partial charge in [-0.15, -0.1) is 10.2 Å². The molecule has 62 heavy (non-hydrogen) atoms. The van der Waals surface area contributed by atoms with Gasteiger partial charge < -0.3 is 39.0 Å². The van der Waals surface area contributed by atoms with Gasteiger partial charge in [-0.1, -0.05) is 56.2 Å². The van der Waals surface area contributed by atoms with E-state index in [4.69, 9.17) is 23.7 Å². The Morgan fingerprint density at radius 1 is 1.00 bits per heavy atom. The SMILES string of the molecule is C.C.C.C.C.CC[C@H]1OC(=O)[C@H](C)C(=O)C[C@@H](O[C@@H]2OC(C)CC(N(C)C)C2O)[C@@](C)(OC)C[C@@H](C)CN[C@H](C)[C@H]2N(CCCCn3cc(-c4cccnn4)nn3)C(=O)O[C@]12C. The molecule has 2 aromatic heterocycles. The fourth-order valence-electron chi connectivity index (χ4n) is 8.67. The summed E-state index contributed by atoms with van der Waals surface area (Å²) in [7, 11) is 5.38. The lowest BCUT2D eigenvalue weighted by atomic mass is 9.83. The van der Waals surface area contributed by atoms with Crippen molar-refractivity contribution in [3.63, 3.8) is 0 Å². The summed E-state index contributed by atoms with van der Waals surface area (Å²) in [5, 5.41) is 31.5. The zero-order valence-electron chi connectivity index (χ0n) is 35.3. The monoisotopic (exact) mass is 881 g/mol. The second-order valence-corrected chi connectivity index (χ2v) is 16.8. The van der Waals surface area contributed by atoms with Crippen LogP contribution in [0.2, 0.25) is 0 Å². The van der Waals surface area contributed by atoms with E-state index >= 15 is 0 Å². The summed E-state index contributed by atoms with van der Waals surface area (Å²) in [5.74, 6) is -2.27. The summed E-state index contributed by atoms with van der Waals surface area (Å²) in [6.45, 7) is 14.6. The molecule has 1 amide bonds. The van der Waals surface area contributed by atoms with Crippen molar-refractivity contribution in [2.45, 2.75) is 191 Å². The Kier molecular flexibility index (Phi) is 23.6. The number of methoxy groups -OCH3 is 1. The molecule has 3 aliphatic rings. The molecule has 12 atom stereocenters. The number of esters is 1. The van der Waals surface area contributed by atoms with E-state index in [1.165, 1.54) is 6.92 Å². The highest BCUT2D eigenvalue weighted by molar-refractivity contribution is 5.99. The molecule has 3 aliphatic heterocycles. The van der Waals surface area contributed by atoms with Crippen LogP contribution in [0.1, 0.15) is 124 Å². The smallest absolute Gasteiger partial charge is 0.410 e. The van der Waals surface area contributed by atoms with Gasteiger partial charge in [0.25, 0.3) is 0 Å². The van der Waals surface area contributed by atoms with Crippen molar-refractivity contribution >= 4 is 17.8 Å². The minimum atomic E-state index is -1.22. The highest BCUT2D eigenvalue weighted by Crippen LogP contribution is 2.39. The van der Waals surface area contributed by atoms with E-state index in [0.717, 1.165) is 0 Å². The third-order valence-electron chi connectivity index (χ3n) is 12.1. The number of amides is 1. The minimum absolute atomic E-state index is 0. The van der Waals surface area contributed by atoms with Crippen LogP contribution < -0.4 is 5.32 Å². The van der Waals surface area contributed by atoms with Crippen molar-refractivity contribution in [1.29, 1.82) is 0 Å². The molecule has 0 saturated carbocycles. The molecule has 0 radical (unpaired) electrons. The Hall–Kier alpha value is -3.61. The van der Waals surface area contributed by atoms with Gasteiger partial charge in [0.2, 0.25) is 0 Å². The molecule has 3 unspecified atom stereocenters. The summed E-state index contributed by atoms with van der Waals surface area (Å²) in [6, 6.07) is 2.59. The van der Waals surface area contributed by atoms with Crippen molar-refractivity contribution in [1.82, 2.24) is 40.3 Å². The molecular formula is C45H84N8O9. The average Bonchev–Trinajstić information content (AvgIpc) is 3.76. The number of nitrogens with one attached hydrogen (secondary N) is 1. The number of hydrogen-bond donors (Lipinski definition) is 2. The highest BCUT2D eigenvalue weighted by atomic mass is 16.7. The fraction of sp³-hybridized carbons (Fsp3) is 0.800. The summed E-state index contributed by atoms with van der Waals surface area (Å²) in [6.07, 6.45) is 1.63.